The fourth-order valence-electron chi connectivity index (χ4n) is 5.67. The van der Waals surface area contributed by atoms with Gasteiger partial charge in [0.1, 0.15) is 17.0 Å². The zero-order valence-electron chi connectivity index (χ0n) is 20.5. The third kappa shape index (κ3) is 4.04. The van der Waals surface area contributed by atoms with Gasteiger partial charge in [0.25, 0.3) is 5.91 Å². The maximum absolute atomic E-state index is 13.9. The van der Waals surface area contributed by atoms with E-state index in [1.807, 2.05) is 48.7 Å². The highest BCUT2D eigenvalue weighted by Gasteiger charge is 2.48. The van der Waals surface area contributed by atoms with Gasteiger partial charge < -0.3 is 19.2 Å². The SMILES string of the molecule is Cc1cc2c(cc3n2C[C@@](C)(C(=O)NC2CCCCCC2)N(C[C@H](C)c2ccccc2)C3=O)o1. The molecule has 1 fully saturated rings. The third-order valence-electron chi connectivity index (χ3n) is 7.74. The summed E-state index contributed by atoms with van der Waals surface area (Å²) < 4.78 is 7.80. The van der Waals surface area contributed by atoms with E-state index in [9.17, 15) is 9.59 Å². The van der Waals surface area contributed by atoms with Gasteiger partial charge >= 0.3 is 0 Å². The number of hydrogen-bond acceptors (Lipinski definition) is 3. The standard InChI is InChI=1S/C28H35N3O3/c1-19(21-11-7-6-8-12-21)17-31-26(32)24-16-25-23(15-20(2)34-25)30(24)18-28(31,3)27(33)29-22-13-9-4-5-10-14-22/h6-8,11-12,15-16,19,22H,4-5,9-10,13-14,17-18H2,1-3H3,(H,29,33)/t19-,28-/m0/s1. The van der Waals surface area contributed by atoms with Gasteiger partial charge in [0.05, 0.1) is 12.1 Å². The summed E-state index contributed by atoms with van der Waals surface area (Å²) in [6.07, 6.45) is 6.77. The maximum atomic E-state index is 13.9. The molecule has 2 aromatic heterocycles. The number of carbonyl (C=O) groups excluding carboxylic acids is 2. The first-order valence-electron chi connectivity index (χ1n) is 12.6. The van der Waals surface area contributed by atoms with Crippen LogP contribution in [-0.4, -0.2) is 39.4 Å². The average molecular weight is 462 g/mol. The summed E-state index contributed by atoms with van der Waals surface area (Å²) >= 11 is 0. The molecule has 180 valence electrons. The van der Waals surface area contributed by atoms with Crippen LogP contribution in [0.2, 0.25) is 0 Å². The Morgan fingerprint density at radius 2 is 1.85 bits per heavy atom. The largest absolute Gasteiger partial charge is 0.460 e. The number of rotatable bonds is 5. The van der Waals surface area contributed by atoms with E-state index in [1.54, 1.807) is 4.90 Å². The Hall–Kier alpha value is -3.02. The number of furan rings is 1. The molecule has 3 heterocycles. The molecule has 34 heavy (non-hydrogen) atoms. The molecule has 2 amide bonds. The van der Waals surface area contributed by atoms with Crippen molar-refractivity contribution < 1.29 is 14.0 Å². The zero-order valence-corrected chi connectivity index (χ0v) is 20.5. The highest BCUT2D eigenvalue weighted by molar-refractivity contribution is 6.03. The highest BCUT2D eigenvalue weighted by atomic mass is 16.3. The van der Waals surface area contributed by atoms with E-state index in [4.69, 9.17) is 4.42 Å². The minimum absolute atomic E-state index is 0.0549. The molecule has 5 rings (SSSR count). The Labute approximate surface area is 201 Å². The lowest BCUT2D eigenvalue weighted by Gasteiger charge is -2.45. The molecule has 1 N–H and O–H groups in total. The minimum atomic E-state index is -0.990. The van der Waals surface area contributed by atoms with Gasteiger partial charge in [-0.2, -0.15) is 0 Å². The van der Waals surface area contributed by atoms with Crippen LogP contribution < -0.4 is 5.32 Å². The Bertz CT molecular complexity index is 1190. The first kappa shape index (κ1) is 22.8. The van der Waals surface area contributed by atoms with Gasteiger partial charge in [-0.25, -0.2) is 0 Å². The second-order valence-corrected chi connectivity index (χ2v) is 10.4. The van der Waals surface area contributed by atoms with E-state index in [-0.39, 0.29) is 23.8 Å². The van der Waals surface area contributed by atoms with Crippen molar-refractivity contribution >= 4 is 22.9 Å². The fourth-order valence-corrected chi connectivity index (χ4v) is 5.67. The lowest BCUT2D eigenvalue weighted by atomic mass is 9.91. The number of carbonyl (C=O) groups is 2. The molecule has 3 aromatic rings. The first-order valence-corrected chi connectivity index (χ1v) is 12.6. The van der Waals surface area contributed by atoms with E-state index in [0.717, 1.165) is 42.5 Å². The summed E-state index contributed by atoms with van der Waals surface area (Å²) in [4.78, 5) is 29.6. The van der Waals surface area contributed by atoms with E-state index in [1.165, 1.54) is 12.8 Å². The van der Waals surface area contributed by atoms with Gasteiger partial charge in [-0.05, 0) is 38.2 Å². The maximum Gasteiger partial charge on any atom is 0.271 e. The summed E-state index contributed by atoms with van der Waals surface area (Å²) in [7, 11) is 0. The van der Waals surface area contributed by atoms with Crippen LogP contribution >= 0.6 is 0 Å². The lowest BCUT2D eigenvalue weighted by molar-refractivity contribution is -0.133. The van der Waals surface area contributed by atoms with Crippen molar-refractivity contribution in [1.82, 2.24) is 14.8 Å². The van der Waals surface area contributed by atoms with Crippen molar-refractivity contribution in [2.45, 2.75) is 83.3 Å². The molecule has 6 nitrogen and oxygen atoms in total. The summed E-state index contributed by atoms with van der Waals surface area (Å²) in [5.41, 5.74) is 2.34. The van der Waals surface area contributed by atoms with Crippen LogP contribution in [0.1, 0.15) is 80.1 Å². The molecular formula is C28H35N3O3. The average Bonchev–Trinajstić information content (AvgIpc) is 3.22. The van der Waals surface area contributed by atoms with Gasteiger partial charge in [-0.1, -0.05) is 62.9 Å². The molecule has 0 spiro atoms. The molecule has 2 aliphatic rings. The number of nitrogens with one attached hydrogen (secondary N) is 1. The number of aryl methyl sites for hydroxylation is 1. The van der Waals surface area contributed by atoms with Crippen molar-refractivity contribution in [2.24, 2.45) is 0 Å². The molecule has 0 saturated heterocycles. The van der Waals surface area contributed by atoms with Crippen LogP contribution in [0.25, 0.3) is 11.1 Å². The second-order valence-electron chi connectivity index (χ2n) is 10.4. The quantitative estimate of drug-likeness (QED) is 0.517. The van der Waals surface area contributed by atoms with Crippen molar-refractivity contribution in [2.75, 3.05) is 6.54 Å². The summed E-state index contributed by atoms with van der Waals surface area (Å²) in [6.45, 7) is 6.84. The number of fused-ring (bicyclic) bond motifs is 3. The summed E-state index contributed by atoms with van der Waals surface area (Å²) in [5.74, 6) is 0.733. The van der Waals surface area contributed by atoms with E-state index >= 15 is 0 Å². The predicted octanol–water partition coefficient (Wildman–Crippen LogP) is 5.40. The minimum Gasteiger partial charge on any atom is -0.460 e. The molecule has 1 saturated carbocycles. The number of aromatic nitrogens is 1. The van der Waals surface area contributed by atoms with Crippen LogP contribution in [-0.2, 0) is 11.3 Å². The molecule has 2 atom stereocenters. The zero-order chi connectivity index (χ0) is 23.9. The lowest BCUT2D eigenvalue weighted by Crippen LogP contribution is -2.65. The van der Waals surface area contributed by atoms with E-state index in [2.05, 4.69) is 24.4 Å². The van der Waals surface area contributed by atoms with Gasteiger partial charge in [0.15, 0.2) is 5.58 Å². The normalized spacial score (nSPS) is 22.4. The molecule has 1 aromatic carbocycles. The Morgan fingerprint density at radius 3 is 2.56 bits per heavy atom. The fraction of sp³-hybridized carbons (Fsp3) is 0.500. The van der Waals surface area contributed by atoms with Crippen molar-refractivity contribution in [3.05, 3.63) is 59.5 Å². The third-order valence-corrected chi connectivity index (χ3v) is 7.74. The second kappa shape index (κ2) is 8.97. The molecule has 0 radical (unpaired) electrons. The van der Waals surface area contributed by atoms with Gasteiger partial charge in [0.2, 0.25) is 5.91 Å². The number of benzene rings is 1. The first-order chi connectivity index (χ1) is 16.4. The van der Waals surface area contributed by atoms with Crippen LogP contribution in [0.15, 0.2) is 46.9 Å². The van der Waals surface area contributed by atoms with E-state index < -0.39 is 5.54 Å². The molecule has 6 heteroatoms. The predicted molar refractivity (Wildman–Crippen MR) is 133 cm³/mol. The molecule has 0 unspecified atom stereocenters. The van der Waals surface area contributed by atoms with Gasteiger partial charge in [0, 0.05) is 24.7 Å². The van der Waals surface area contributed by atoms with Crippen molar-refractivity contribution in [3.63, 3.8) is 0 Å². The van der Waals surface area contributed by atoms with Crippen LogP contribution in [0.3, 0.4) is 0 Å². The number of nitrogens with zero attached hydrogens (tertiary/aromatic N) is 2. The van der Waals surface area contributed by atoms with Gasteiger partial charge in [-0.15, -0.1) is 0 Å². The Balaban J connectivity index is 1.50. The van der Waals surface area contributed by atoms with Crippen molar-refractivity contribution in [1.29, 1.82) is 0 Å². The highest BCUT2D eigenvalue weighted by Crippen LogP contribution is 2.35. The monoisotopic (exact) mass is 461 g/mol. The number of amides is 2. The number of hydrogen-bond donors (Lipinski definition) is 1. The van der Waals surface area contributed by atoms with Crippen LogP contribution in [0, 0.1) is 6.92 Å². The molecule has 1 aliphatic heterocycles. The molecule has 0 bridgehead atoms. The molecular weight excluding hydrogens is 426 g/mol. The van der Waals surface area contributed by atoms with Crippen LogP contribution in [0.5, 0.6) is 0 Å². The topological polar surface area (TPSA) is 67.5 Å². The van der Waals surface area contributed by atoms with Crippen LogP contribution in [0.4, 0.5) is 0 Å². The summed E-state index contributed by atoms with van der Waals surface area (Å²) in [5, 5.41) is 3.34. The summed E-state index contributed by atoms with van der Waals surface area (Å²) in [6, 6.07) is 14.2. The Morgan fingerprint density at radius 1 is 1.15 bits per heavy atom. The molecule has 1 aliphatic carbocycles. The van der Waals surface area contributed by atoms with Gasteiger partial charge in [-0.3, -0.25) is 9.59 Å². The smallest absolute Gasteiger partial charge is 0.271 e. The van der Waals surface area contributed by atoms with E-state index in [0.29, 0.717) is 24.4 Å². The van der Waals surface area contributed by atoms with Crippen molar-refractivity contribution in [3.8, 4) is 0 Å². The Kier molecular flexibility index (Phi) is 6.00.